The number of pyridine rings is 1. The molecule has 2 heterocycles. The highest BCUT2D eigenvalue weighted by Gasteiger charge is 2.41. The summed E-state index contributed by atoms with van der Waals surface area (Å²) in [6, 6.07) is 10.4. The minimum Gasteiger partial charge on any atom is -0.384 e. The van der Waals surface area contributed by atoms with Gasteiger partial charge in [0.2, 0.25) is 0 Å². The van der Waals surface area contributed by atoms with E-state index in [2.05, 4.69) is 23.9 Å². The van der Waals surface area contributed by atoms with Crippen LogP contribution in [-0.2, 0) is 5.60 Å². The van der Waals surface area contributed by atoms with E-state index in [0.29, 0.717) is 12.6 Å². The third-order valence-corrected chi connectivity index (χ3v) is 4.04. The molecule has 0 bridgehead atoms. The molecule has 1 aliphatic heterocycles. The Morgan fingerprint density at radius 1 is 1.33 bits per heavy atom. The summed E-state index contributed by atoms with van der Waals surface area (Å²) in [5.74, 6) is 0. The van der Waals surface area contributed by atoms with Gasteiger partial charge in [0.25, 0.3) is 0 Å². The number of hydrogen-bond donors (Lipinski definition) is 1. The molecule has 0 saturated carbocycles. The van der Waals surface area contributed by atoms with E-state index in [1.807, 2.05) is 30.3 Å². The monoisotopic (exact) mass is 242 g/mol. The summed E-state index contributed by atoms with van der Waals surface area (Å²) in [5, 5.41) is 12.0. The summed E-state index contributed by atoms with van der Waals surface area (Å²) in [6.07, 6.45) is 2.57. The predicted octanol–water partition coefficient (Wildman–Crippen LogP) is 2.15. The Morgan fingerprint density at radius 3 is 2.89 bits per heavy atom. The number of β-amino-alcohol motifs (C(OH)–C–C–N with tert-alkyl or cyclic N) is 1. The second-order valence-electron chi connectivity index (χ2n) is 5.38. The number of hydrogen-bond acceptors (Lipinski definition) is 3. The summed E-state index contributed by atoms with van der Waals surface area (Å²) in [5.41, 5.74) is 1.20. The second kappa shape index (κ2) is 4.04. The Hall–Kier alpha value is -1.45. The SMILES string of the molecule is CC1CC(O)(c2cccc3ncccc23)CN1C. The van der Waals surface area contributed by atoms with Crippen molar-refractivity contribution in [3.8, 4) is 0 Å². The maximum atomic E-state index is 10.9. The topological polar surface area (TPSA) is 36.4 Å². The maximum Gasteiger partial charge on any atom is 0.104 e. The summed E-state index contributed by atoms with van der Waals surface area (Å²) in [7, 11) is 2.06. The van der Waals surface area contributed by atoms with Gasteiger partial charge >= 0.3 is 0 Å². The minimum absolute atomic E-state index is 0.405. The van der Waals surface area contributed by atoms with Gasteiger partial charge in [0.05, 0.1) is 5.52 Å². The molecule has 2 unspecified atom stereocenters. The third-order valence-electron chi connectivity index (χ3n) is 4.04. The van der Waals surface area contributed by atoms with Crippen molar-refractivity contribution in [2.45, 2.75) is 25.0 Å². The van der Waals surface area contributed by atoms with Crippen LogP contribution >= 0.6 is 0 Å². The zero-order valence-electron chi connectivity index (χ0n) is 10.8. The molecule has 3 nitrogen and oxygen atoms in total. The van der Waals surface area contributed by atoms with Crippen molar-refractivity contribution in [1.29, 1.82) is 0 Å². The molecule has 0 aliphatic carbocycles. The van der Waals surface area contributed by atoms with Gasteiger partial charge in [-0.15, -0.1) is 0 Å². The summed E-state index contributed by atoms with van der Waals surface area (Å²) in [6.45, 7) is 2.84. The second-order valence-corrected chi connectivity index (χ2v) is 5.38. The third kappa shape index (κ3) is 1.71. The lowest BCUT2D eigenvalue weighted by Crippen LogP contribution is -2.29. The molecule has 2 aromatic rings. The van der Waals surface area contributed by atoms with Crippen LogP contribution in [0, 0.1) is 0 Å². The van der Waals surface area contributed by atoms with Crippen LogP contribution in [0.4, 0.5) is 0 Å². The normalized spacial score (nSPS) is 28.9. The van der Waals surface area contributed by atoms with Gasteiger partial charge in [0.1, 0.15) is 5.60 Å². The van der Waals surface area contributed by atoms with Gasteiger partial charge in [-0.1, -0.05) is 18.2 Å². The number of likely N-dealkylation sites (tertiary alicyclic amines) is 1. The van der Waals surface area contributed by atoms with Crippen molar-refractivity contribution in [2.24, 2.45) is 0 Å². The van der Waals surface area contributed by atoms with E-state index in [4.69, 9.17) is 0 Å². The highest BCUT2D eigenvalue weighted by molar-refractivity contribution is 5.83. The number of fused-ring (bicyclic) bond motifs is 1. The molecule has 1 aromatic heterocycles. The molecule has 1 aliphatic rings. The van der Waals surface area contributed by atoms with E-state index in [-0.39, 0.29) is 0 Å². The van der Waals surface area contributed by atoms with E-state index < -0.39 is 5.60 Å². The minimum atomic E-state index is -0.753. The Balaban J connectivity index is 2.15. The number of benzene rings is 1. The summed E-state index contributed by atoms with van der Waals surface area (Å²) in [4.78, 5) is 6.56. The molecule has 94 valence electrons. The number of aliphatic hydroxyl groups is 1. The molecule has 3 rings (SSSR count). The van der Waals surface area contributed by atoms with E-state index in [1.54, 1.807) is 6.20 Å². The molecule has 1 N–H and O–H groups in total. The molecule has 3 heteroatoms. The number of likely N-dealkylation sites (N-methyl/N-ethyl adjacent to an activating group) is 1. The van der Waals surface area contributed by atoms with Crippen LogP contribution in [0.1, 0.15) is 18.9 Å². The highest BCUT2D eigenvalue weighted by Crippen LogP contribution is 2.37. The lowest BCUT2D eigenvalue weighted by Gasteiger charge is -2.24. The van der Waals surface area contributed by atoms with Gasteiger partial charge < -0.3 is 10.0 Å². The van der Waals surface area contributed by atoms with E-state index in [0.717, 1.165) is 22.9 Å². The van der Waals surface area contributed by atoms with Crippen molar-refractivity contribution in [2.75, 3.05) is 13.6 Å². The molecule has 1 fully saturated rings. The van der Waals surface area contributed by atoms with Gasteiger partial charge in [0, 0.05) is 24.2 Å². The van der Waals surface area contributed by atoms with Crippen molar-refractivity contribution < 1.29 is 5.11 Å². The van der Waals surface area contributed by atoms with Crippen molar-refractivity contribution in [3.05, 3.63) is 42.1 Å². The van der Waals surface area contributed by atoms with Crippen LogP contribution in [-0.4, -0.2) is 34.6 Å². The Labute approximate surface area is 107 Å². The van der Waals surface area contributed by atoms with Crippen LogP contribution in [0.3, 0.4) is 0 Å². The quantitative estimate of drug-likeness (QED) is 0.832. The van der Waals surface area contributed by atoms with Gasteiger partial charge in [-0.3, -0.25) is 4.98 Å². The fourth-order valence-electron chi connectivity index (χ4n) is 2.98. The molecule has 1 aromatic carbocycles. The first kappa shape index (κ1) is 11.6. The van der Waals surface area contributed by atoms with Crippen LogP contribution in [0.2, 0.25) is 0 Å². The molecule has 1 saturated heterocycles. The Kier molecular flexibility index (Phi) is 2.61. The molecule has 0 spiro atoms. The van der Waals surface area contributed by atoms with Crippen LogP contribution < -0.4 is 0 Å². The van der Waals surface area contributed by atoms with Gasteiger partial charge in [-0.05, 0) is 38.1 Å². The lowest BCUT2D eigenvalue weighted by molar-refractivity contribution is 0.0501. The van der Waals surface area contributed by atoms with Gasteiger partial charge in [-0.2, -0.15) is 0 Å². The number of aromatic nitrogens is 1. The van der Waals surface area contributed by atoms with Crippen LogP contribution in [0.25, 0.3) is 10.9 Å². The largest absolute Gasteiger partial charge is 0.384 e. The Bertz CT molecular complexity index is 566. The molecule has 0 radical (unpaired) electrons. The van der Waals surface area contributed by atoms with Crippen molar-refractivity contribution >= 4 is 10.9 Å². The molecule has 18 heavy (non-hydrogen) atoms. The van der Waals surface area contributed by atoms with E-state index >= 15 is 0 Å². The molecular weight excluding hydrogens is 224 g/mol. The standard InChI is InChI=1S/C15H18N2O/c1-11-9-15(18,10-17(11)2)13-6-3-7-14-12(13)5-4-8-16-14/h3-8,11,18H,9-10H2,1-2H3. The zero-order valence-corrected chi connectivity index (χ0v) is 10.8. The average molecular weight is 242 g/mol. The summed E-state index contributed by atoms with van der Waals surface area (Å²) < 4.78 is 0. The molecule has 0 amide bonds. The summed E-state index contributed by atoms with van der Waals surface area (Å²) >= 11 is 0. The molecular formula is C15H18N2O. The lowest BCUT2D eigenvalue weighted by atomic mass is 9.88. The fourth-order valence-corrected chi connectivity index (χ4v) is 2.98. The highest BCUT2D eigenvalue weighted by atomic mass is 16.3. The van der Waals surface area contributed by atoms with Crippen molar-refractivity contribution in [3.63, 3.8) is 0 Å². The fraction of sp³-hybridized carbons (Fsp3) is 0.400. The first-order valence-electron chi connectivity index (χ1n) is 6.37. The average Bonchev–Trinajstić information content (AvgIpc) is 2.63. The Morgan fingerprint density at radius 2 is 2.17 bits per heavy atom. The first-order valence-corrected chi connectivity index (χ1v) is 6.37. The first-order chi connectivity index (χ1) is 8.60. The number of nitrogens with zero attached hydrogens (tertiary/aromatic N) is 2. The molecule has 2 atom stereocenters. The maximum absolute atomic E-state index is 10.9. The van der Waals surface area contributed by atoms with Gasteiger partial charge in [0.15, 0.2) is 0 Å². The van der Waals surface area contributed by atoms with E-state index in [1.165, 1.54) is 0 Å². The smallest absolute Gasteiger partial charge is 0.104 e. The van der Waals surface area contributed by atoms with E-state index in [9.17, 15) is 5.11 Å². The predicted molar refractivity (Wildman–Crippen MR) is 72.3 cm³/mol. The van der Waals surface area contributed by atoms with Crippen molar-refractivity contribution in [1.82, 2.24) is 9.88 Å². The number of rotatable bonds is 1. The zero-order chi connectivity index (χ0) is 12.8. The van der Waals surface area contributed by atoms with Crippen LogP contribution in [0.5, 0.6) is 0 Å². The van der Waals surface area contributed by atoms with Gasteiger partial charge in [-0.25, -0.2) is 0 Å². The van der Waals surface area contributed by atoms with Crippen LogP contribution in [0.15, 0.2) is 36.5 Å².